The van der Waals surface area contributed by atoms with E-state index in [-0.39, 0.29) is 73.2 Å². The van der Waals surface area contributed by atoms with Crippen molar-refractivity contribution < 1.29 is 33.2 Å². The third-order valence-corrected chi connectivity index (χ3v) is 9.20. The van der Waals surface area contributed by atoms with Gasteiger partial charge in [-0.05, 0) is 25.8 Å². The lowest BCUT2D eigenvalue weighted by Crippen LogP contribution is -2.58. The molecule has 2 fully saturated rings. The highest BCUT2D eigenvalue weighted by molar-refractivity contribution is 5.13. The van der Waals surface area contributed by atoms with Crippen molar-refractivity contribution in [3.63, 3.8) is 0 Å². The molecule has 3 heterocycles. The molecule has 0 amide bonds. The Balaban J connectivity index is 1.45. The van der Waals surface area contributed by atoms with E-state index in [1.165, 1.54) is 0 Å². The molecule has 3 aliphatic heterocycles. The fourth-order valence-electron chi connectivity index (χ4n) is 6.68. The summed E-state index contributed by atoms with van der Waals surface area (Å²) in [6.45, 7) is 21.1. The lowest BCUT2D eigenvalue weighted by molar-refractivity contribution is -0.344. The first kappa shape index (κ1) is 33.3. The van der Waals surface area contributed by atoms with E-state index in [1.54, 1.807) is 0 Å². The Bertz CT molecular complexity index is 975. The predicted octanol–water partition coefficient (Wildman–Crippen LogP) is 6.91. The van der Waals surface area contributed by atoms with E-state index in [2.05, 4.69) is 65.5 Å². The molecule has 0 radical (unpaired) electrons. The van der Waals surface area contributed by atoms with Crippen LogP contribution >= 0.6 is 0 Å². The van der Waals surface area contributed by atoms with E-state index in [9.17, 15) is 0 Å². The van der Waals surface area contributed by atoms with Gasteiger partial charge in [-0.3, -0.25) is 0 Å². The van der Waals surface area contributed by atoms with Crippen molar-refractivity contribution in [3.8, 4) is 0 Å². The van der Waals surface area contributed by atoms with Gasteiger partial charge in [0.2, 0.25) is 0 Å². The molecule has 0 bridgehead atoms. The number of ether oxygens (including phenoxy) is 7. The largest absolute Gasteiger partial charge is 0.369 e. The van der Waals surface area contributed by atoms with Gasteiger partial charge < -0.3 is 33.2 Å². The van der Waals surface area contributed by atoms with E-state index in [1.807, 2.05) is 38.1 Å². The molecule has 1 unspecified atom stereocenters. The average Bonchev–Trinajstić information content (AvgIpc) is 3.51. The number of hydrogen-bond donors (Lipinski definition) is 0. The maximum atomic E-state index is 6.68. The molecule has 1 aromatic rings. The Kier molecular flexibility index (Phi) is 12.2. The molecular formula is C35H54O7. The molecular weight excluding hydrogens is 532 g/mol. The van der Waals surface area contributed by atoms with Gasteiger partial charge in [-0.2, -0.15) is 0 Å². The SMILES string of the molecule is C=CC(C)[C@@H]1C=C[C@H](C)[C@@H]([C@@H](C)[C@H]2OC(C)(C)O[C@@H]([C@@H](C)[C@@H](CCC3OCCO3)OCOCc3ccccc3)[C@@H]2C)O1. The lowest BCUT2D eigenvalue weighted by atomic mass is 9.76. The van der Waals surface area contributed by atoms with Crippen LogP contribution in [-0.2, 0) is 39.8 Å². The van der Waals surface area contributed by atoms with E-state index in [4.69, 9.17) is 33.2 Å². The lowest BCUT2D eigenvalue weighted by Gasteiger charge is -2.51. The van der Waals surface area contributed by atoms with Crippen molar-refractivity contribution in [2.75, 3.05) is 20.0 Å². The molecule has 0 N–H and O–H groups in total. The summed E-state index contributed by atoms with van der Waals surface area (Å²) < 4.78 is 43.9. The Morgan fingerprint density at radius 3 is 2.36 bits per heavy atom. The van der Waals surface area contributed by atoms with Gasteiger partial charge in [-0.1, -0.05) is 83.2 Å². The van der Waals surface area contributed by atoms with Crippen LogP contribution < -0.4 is 0 Å². The molecule has 4 rings (SSSR count). The van der Waals surface area contributed by atoms with Crippen LogP contribution in [0.2, 0.25) is 0 Å². The molecule has 2 saturated heterocycles. The summed E-state index contributed by atoms with van der Waals surface area (Å²) in [5.74, 6) is 0.155. The minimum Gasteiger partial charge on any atom is -0.369 e. The summed E-state index contributed by atoms with van der Waals surface area (Å²) in [5, 5.41) is 0. The van der Waals surface area contributed by atoms with Crippen LogP contribution in [0.3, 0.4) is 0 Å². The zero-order valence-corrected chi connectivity index (χ0v) is 26.8. The van der Waals surface area contributed by atoms with Gasteiger partial charge in [0.15, 0.2) is 12.1 Å². The van der Waals surface area contributed by atoms with Gasteiger partial charge in [-0.15, -0.1) is 6.58 Å². The summed E-state index contributed by atoms with van der Waals surface area (Å²) >= 11 is 0. The number of benzene rings is 1. The quantitative estimate of drug-likeness (QED) is 0.133. The highest BCUT2D eigenvalue weighted by atomic mass is 16.7. The summed E-state index contributed by atoms with van der Waals surface area (Å²) in [4.78, 5) is 0. The number of hydrogen-bond acceptors (Lipinski definition) is 7. The first-order valence-electron chi connectivity index (χ1n) is 15.9. The van der Waals surface area contributed by atoms with E-state index in [0.717, 1.165) is 18.4 Å². The molecule has 10 atom stereocenters. The zero-order valence-electron chi connectivity index (χ0n) is 26.8. The minimum absolute atomic E-state index is 0.0257. The molecule has 3 aliphatic rings. The van der Waals surface area contributed by atoms with Crippen molar-refractivity contribution in [2.45, 2.75) is 111 Å². The second-order valence-electron chi connectivity index (χ2n) is 13.0. The van der Waals surface area contributed by atoms with Crippen LogP contribution in [0.1, 0.15) is 66.9 Å². The molecule has 236 valence electrons. The standard InChI is InChI=1S/C35H54O7/c1-9-23(2)29-16-15-24(3)32(40-29)26(5)34-27(6)33(41-35(7,8)42-34)25(4)30(17-18-31-37-19-20-38-31)39-22-36-21-28-13-11-10-12-14-28/h9-16,23-27,29-34H,1,17-22H2,2-8H3/t23?,24-,25-,26+,27-,29-,30+,32-,33-,34+/m0/s1. The fraction of sp³-hybridized carbons (Fsp3) is 0.714. The Morgan fingerprint density at radius 2 is 1.67 bits per heavy atom. The van der Waals surface area contributed by atoms with Crippen molar-refractivity contribution in [2.24, 2.45) is 29.6 Å². The Hall–Kier alpha value is -1.58. The van der Waals surface area contributed by atoms with Gasteiger partial charge in [0.1, 0.15) is 6.79 Å². The Labute approximate surface area is 253 Å². The zero-order chi connectivity index (χ0) is 30.3. The topological polar surface area (TPSA) is 64.6 Å². The normalized spacial score (nSPS) is 32.7. The van der Waals surface area contributed by atoms with Crippen LogP contribution in [-0.4, -0.2) is 62.6 Å². The summed E-state index contributed by atoms with van der Waals surface area (Å²) in [6.07, 6.45) is 7.63. The van der Waals surface area contributed by atoms with Crippen LogP contribution in [0.4, 0.5) is 0 Å². The fourth-order valence-corrected chi connectivity index (χ4v) is 6.68. The first-order chi connectivity index (χ1) is 20.1. The van der Waals surface area contributed by atoms with E-state index >= 15 is 0 Å². The molecule has 0 aromatic heterocycles. The van der Waals surface area contributed by atoms with Crippen LogP contribution in [0.15, 0.2) is 55.1 Å². The van der Waals surface area contributed by atoms with Crippen molar-refractivity contribution >= 4 is 0 Å². The second-order valence-corrected chi connectivity index (χ2v) is 13.0. The summed E-state index contributed by atoms with van der Waals surface area (Å²) in [7, 11) is 0. The van der Waals surface area contributed by atoms with Gasteiger partial charge in [0.05, 0.1) is 50.3 Å². The van der Waals surface area contributed by atoms with Crippen molar-refractivity contribution in [1.82, 2.24) is 0 Å². The highest BCUT2D eigenvalue weighted by Gasteiger charge is 2.49. The third kappa shape index (κ3) is 8.75. The van der Waals surface area contributed by atoms with Gasteiger partial charge in [-0.25, -0.2) is 0 Å². The monoisotopic (exact) mass is 586 g/mol. The maximum absolute atomic E-state index is 6.68. The highest BCUT2D eigenvalue weighted by Crippen LogP contribution is 2.42. The molecule has 7 nitrogen and oxygen atoms in total. The van der Waals surface area contributed by atoms with Crippen molar-refractivity contribution in [1.29, 1.82) is 0 Å². The van der Waals surface area contributed by atoms with Gasteiger partial charge >= 0.3 is 0 Å². The molecule has 0 aliphatic carbocycles. The maximum Gasteiger partial charge on any atom is 0.163 e. The van der Waals surface area contributed by atoms with Gasteiger partial charge in [0.25, 0.3) is 0 Å². The summed E-state index contributed by atoms with van der Waals surface area (Å²) in [6, 6.07) is 10.2. The third-order valence-electron chi connectivity index (χ3n) is 9.20. The molecule has 0 saturated carbocycles. The predicted molar refractivity (Wildman–Crippen MR) is 164 cm³/mol. The first-order valence-corrected chi connectivity index (χ1v) is 15.9. The molecule has 1 aromatic carbocycles. The number of rotatable bonds is 14. The van der Waals surface area contributed by atoms with E-state index in [0.29, 0.717) is 19.8 Å². The summed E-state index contributed by atoms with van der Waals surface area (Å²) in [5.41, 5.74) is 1.12. The average molecular weight is 587 g/mol. The molecule has 7 heteroatoms. The van der Waals surface area contributed by atoms with Crippen LogP contribution in [0.5, 0.6) is 0 Å². The smallest absolute Gasteiger partial charge is 0.163 e. The van der Waals surface area contributed by atoms with Gasteiger partial charge in [0, 0.05) is 36.0 Å². The molecule has 42 heavy (non-hydrogen) atoms. The minimum atomic E-state index is -0.738. The second kappa shape index (κ2) is 15.4. The molecule has 0 spiro atoms. The van der Waals surface area contributed by atoms with Crippen LogP contribution in [0, 0.1) is 29.6 Å². The van der Waals surface area contributed by atoms with Crippen LogP contribution in [0.25, 0.3) is 0 Å². The van der Waals surface area contributed by atoms with E-state index < -0.39 is 5.79 Å². The Morgan fingerprint density at radius 1 is 0.976 bits per heavy atom. The van der Waals surface area contributed by atoms with Crippen molar-refractivity contribution in [3.05, 3.63) is 60.7 Å².